The Morgan fingerprint density at radius 1 is 1.13 bits per heavy atom. The first-order valence-electron chi connectivity index (χ1n) is 10.3. The Morgan fingerprint density at radius 3 is 2.52 bits per heavy atom. The molecule has 0 bridgehead atoms. The Hall–Kier alpha value is -2.45. The smallest absolute Gasteiger partial charge is 0.380 e. The first kappa shape index (κ1) is 21.8. The maximum Gasteiger partial charge on any atom is 0.416 e. The van der Waals surface area contributed by atoms with E-state index in [1.807, 2.05) is 0 Å². The van der Waals surface area contributed by atoms with Crippen molar-refractivity contribution >= 4 is 10.9 Å². The van der Waals surface area contributed by atoms with Crippen LogP contribution in [0, 0.1) is 5.82 Å². The Bertz CT molecular complexity index is 1040. The second kappa shape index (κ2) is 8.59. The molecule has 0 radical (unpaired) electrons. The minimum Gasteiger partial charge on any atom is -0.380 e. The molecule has 8 heteroatoms. The highest BCUT2D eigenvalue weighted by atomic mass is 19.4. The van der Waals surface area contributed by atoms with Crippen LogP contribution in [0.3, 0.4) is 0 Å². The van der Waals surface area contributed by atoms with Crippen LogP contribution in [0.25, 0.3) is 10.9 Å². The standard InChI is InChI=1S/C23H25F4N3O/c1-30-14-17-13-19(23(25,26)27)12-16(21(17)29-30)6-11-31-15-22(7-9-28-10-8-22)18-2-4-20(24)5-3-18/h2-5,12-14,28H,6-11,15H2,1H3. The number of hydrogen-bond acceptors (Lipinski definition) is 3. The molecular formula is C23H25F4N3O. The second-order valence-electron chi connectivity index (χ2n) is 8.21. The molecule has 1 aliphatic rings. The number of halogens is 4. The SMILES string of the molecule is Cn1cc2cc(C(F)(F)F)cc(CCOCC3(c4ccc(F)cc4)CCNCC3)c2n1. The number of aromatic nitrogens is 2. The minimum absolute atomic E-state index is 0.229. The zero-order chi connectivity index (χ0) is 22.1. The normalized spacial score (nSPS) is 16.7. The van der Waals surface area contributed by atoms with Crippen LogP contribution < -0.4 is 5.32 Å². The third kappa shape index (κ3) is 4.75. The van der Waals surface area contributed by atoms with Crippen molar-refractivity contribution in [2.45, 2.75) is 30.9 Å². The molecule has 166 valence electrons. The number of benzene rings is 2. The highest BCUT2D eigenvalue weighted by molar-refractivity contribution is 5.82. The van der Waals surface area contributed by atoms with Gasteiger partial charge in [-0.1, -0.05) is 12.1 Å². The van der Waals surface area contributed by atoms with Crippen LogP contribution in [0.15, 0.2) is 42.6 Å². The maximum atomic E-state index is 13.4. The van der Waals surface area contributed by atoms with Gasteiger partial charge in [0.2, 0.25) is 0 Å². The van der Waals surface area contributed by atoms with Gasteiger partial charge in [0.15, 0.2) is 0 Å². The van der Waals surface area contributed by atoms with Gasteiger partial charge in [0.05, 0.1) is 24.3 Å². The number of ether oxygens (including phenoxy) is 1. The lowest BCUT2D eigenvalue weighted by atomic mass is 9.74. The van der Waals surface area contributed by atoms with Crippen molar-refractivity contribution in [2.24, 2.45) is 7.05 Å². The fourth-order valence-corrected chi connectivity index (χ4v) is 4.36. The molecule has 2 heterocycles. The van der Waals surface area contributed by atoms with Gasteiger partial charge in [-0.3, -0.25) is 4.68 Å². The van der Waals surface area contributed by atoms with Crippen LogP contribution >= 0.6 is 0 Å². The first-order valence-corrected chi connectivity index (χ1v) is 10.3. The largest absolute Gasteiger partial charge is 0.416 e. The Morgan fingerprint density at radius 2 is 1.84 bits per heavy atom. The molecule has 4 rings (SSSR count). The number of piperidine rings is 1. The molecule has 0 amide bonds. The molecule has 31 heavy (non-hydrogen) atoms. The van der Waals surface area contributed by atoms with Gasteiger partial charge in [0.25, 0.3) is 0 Å². The van der Waals surface area contributed by atoms with Crippen LogP contribution in [0.2, 0.25) is 0 Å². The van der Waals surface area contributed by atoms with Gasteiger partial charge in [-0.15, -0.1) is 0 Å². The molecular weight excluding hydrogens is 410 g/mol. The van der Waals surface area contributed by atoms with Crippen molar-refractivity contribution in [2.75, 3.05) is 26.3 Å². The van der Waals surface area contributed by atoms with Gasteiger partial charge >= 0.3 is 6.18 Å². The van der Waals surface area contributed by atoms with Gasteiger partial charge in [-0.05, 0) is 67.7 Å². The lowest BCUT2D eigenvalue weighted by Crippen LogP contribution is -2.43. The van der Waals surface area contributed by atoms with Crippen LogP contribution in [-0.4, -0.2) is 36.1 Å². The third-order valence-corrected chi connectivity index (χ3v) is 6.04. The molecule has 0 aliphatic carbocycles. The highest BCUT2D eigenvalue weighted by Crippen LogP contribution is 2.35. The van der Waals surface area contributed by atoms with E-state index >= 15 is 0 Å². The zero-order valence-electron chi connectivity index (χ0n) is 17.3. The molecule has 0 spiro atoms. The predicted molar refractivity (Wildman–Crippen MR) is 110 cm³/mol. The minimum atomic E-state index is -4.42. The highest BCUT2D eigenvalue weighted by Gasteiger charge is 2.34. The fourth-order valence-electron chi connectivity index (χ4n) is 4.36. The van der Waals surface area contributed by atoms with Gasteiger partial charge in [0.1, 0.15) is 5.82 Å². The number of alkyl halides is 3. The third-order valence-electron chi connectivity index (χ3n) is 6.04. The number of hydrogen-bond donors (Lipinski definition) is 1. The van der Waals surface area contributed by atoms with E-state index in [-0.39, 0.29) is 17.8 Å². The van der Waals surface area contributed by atoms with E-state index in [4.69, 9.17) is 4.74 Å². The summed E-state index contributed by atoms with van der Waals surface area (Å²) in [5, 5.41) is 8.12. The maximum absolute atomic E-state index is 13.4. The van der Waals surface area contributed by atoms with Crippen molar-refractivity contribution in [1.29, 1.82) is 0 Å². The quantitative estimate of drug-likeness (QED) is 0.454. The summed E-state index contributed by atoms with van der Waals surface area (Å²) < 4.78 is 60.8. The van der Waals surface area contributed by atoms with Gasteiger partial charge in [-0.2, -0.15) is 18.3 Å². The molecule has 1 fully saturated rings. The van der Waals surface area contributed by atoms with Crippen LogP contribution in [0.5, 0.6) is 0 Å². The van der Waals surface area contributed by atoms with Gasteiger partial charge in [-0.25, -0.2) is 4.39 Å². The number of rotatable bonds is 6. The average Bonchev–Trinajstić information content (AvgIpc) is 3.12. The Balaban J connectivity index is 1.49. The van der Waals surface area contributed by atoms with Crippen molar-refractivity contribution in [3.63, 3.8) is 0 Å². The second-order valence-corrected chi connectivity index (χ2v) is 8.21. The summed E-state index contributed by atoms with van der Waals surface area (Å²) in [6.07, 6.45) is -0.788. The molecule has 0 atom stereocenters. The number of fused-ring (bicyclic) bond motifs is 1. The van der Waals surface area contributed by atoms with Crippen LogP contribution in [0.1, 0.15) is 29.5 Å². The van der Waals surface area contributed by atoms with Crippen molar-refractivity contribution in [3.8, 4) is 0 Å². The van der Waals surface area contributed by atoms with Crippen molar-refractivity contribution in [1.82, 2.24) is 15.1 Å². The molecule has 2 aromatic carbocycles. The molecule has 0 saturated carbocycles. The Labute approximate surface area is 178 Å². The first-order chi connectivity index (χ1) is 14.8. The molecule has 0 unspecified atom stereocenters. The number of nitrogens with zero attached hydrogens (tertiary/aromatic N) is 2. The summed E-state index contributed by atoms with van der Waals surface area (Å²) in [5.74, 6) is -0.280. The molecule has 1 aromatic heterocycles. The van der Waals surface area contributed by atoms with Crippen LogP contribution in [-0.2, 0) is 29.8 Å². The van der Waals surface area contributed by atoms with Crippen molar-refractivity contribution < 1.29 is 22.3 Å². The Kier molecular flexibility index (Phi) is 6.03. The molecule has 3 aromatic rings. The van der Waals surface area contributed by atoms with E-state index < -0.39 is 11.7 Å². The predicted octanol–water partition coefficient (Wildman–Crippen LogP) is 4.61. The number of aryl methyl sites for hydroxylation is 1. The summed E-state index contributed by atoms with van der Waals surface area (Å²) in [7, 11) is 1.69. The van der Waals surface area contributed by atoms with Crippen LogP contribution in [0.4, 0.5) is 17.6 Å². The monoisotopic (exact) mass is 435 g/mol. The molecule has 1 saturated heterocycles. The van der Waals surface area contributed by atoms with E-state index in [1.165, 1.54) is 22.9 Å². The van der Waals surface area contributed by atoms with E-state index in [2.05, 4.69) is 10.4 Å². The average molecular weight is 435 g/mol. The topological polar surface area (TPSA) is 39.1 Å². The van der Waals surface area contributed by atoms with E-state index in [9.17, 15) is 17.6 Å². The summed E-state index contributed by atoms with van der Waals surface area (Å²) in [4.78, 5) is 0. The lowest BCUT2D eigenvalue weighted by Gasteiger charge is -2.38. The van der Waals surface area contributed by atoms with Crippen molar-refractivity contribution in [3.05, 3.63) is 65.1 Å². The van der Waals surface area contributed by atoms with E-state index in [1.54, 1.807) is 25.4 Å². The molecule has 1 aliphatic heterocycles. The van der Waals surface area contributed by atoms with Gasteiger partial charge < -0.3 is 10.1 Å². The zero-order valence-corrected chi connectivity index (χ0v) is 17.3. The summed E-state index contributed by atoms with van der Waals surface area (Å²) in [6.45, 7) is 2.39. The lowest BCUT2D eigenvalue weighted by molar-refractivity contribution is -0.137. The van der Waals surface area contributed by atoms with E-state index in [0.29, 0.717) is 29.5 Å². The number of nitrogens with one attached hydrogen (secondary N) is 1. The summed E-state index contributed by atoms with van der Waals surface area (Å²) in [6, 6.07) is 8.81. The van der Waals surface area contributed by atoms with Gasteiger partial charge in [0, 0.05) is 24.0 Å². The fraction of sp³-hybridized carbons (Fsp3) is 0.435. The summed E-state index contributed by atoms with van der Waals surface area (Å²) in [5.41, 5.74) is 1.21. The summed E-state index contributed by atoms with van der Waals surface area (Å²) >= 11 is 0. The molecule has 1 N–H and O–H groups in total. The van der Waals surface area contributed by atoms with E-state index in [0.717, 1.165) is 37.6 Å². The molecule has 4 nitrogen and oxygen atoms in total.